The Morgan fingerprint density at radius 2 is 1.88 bits per heavy atom. The minimum absolute atomic E-state index is 0.0384. The summed E-state index contributed by atoms with van der Waals surface area (Å²) in [5, 5.41) is 0. The van der Waals surface area contributed by atoms with Crippen molar-refractivity contribution in [3.63, 3.8) is 0 Å². The van der Waals surface area contributed by atoms with Gasteiger partial charge in [-0.3, -0.25) is 4.79 Å². The molecular formula is C19H23NO4. The van der Waals surface area contributed by atoms with E-state index in [0.29, 0.717) is 31.2 Å². The van der Waals surface area contributed by atoms with Crippen LogP contribution in [0.3, 0.4) is 0 Å². The molecule has 2 heterocycles. The van der Waals surface area contributed by atoms with Crippen LogP contribution in [0, 0.1) is 6.92 Å². The van der Waals surface area contributed by atoms with Gasteiger partial charge in [-0.05, 0) is 44.5 Å². The number of morpholine rings is 1. The monoisotopic (exact) mass is 329 g/mol. The number of nitrogens with zero attached hydrogens (tertiary/aromatic N) is 1. The molecule has 5 heteroatoms. The predicted molar refractivity (Wildman–Crippen MR) is 90.1 cm³/mol. The Hall–Kier alpha value is -2.27. The summed E-state index contributed by atoms with van der Waals surface area (Å²) >= 11 is 0. The summed E-state index contributed by atoms with van der Waals surface area (Å²) < 4.78 is 17.1. The first-order valence-corrected chi connectivity index (χ1v) is 8.25. The molecule has 0 aliphatic carbocycles. The second-order valence-corrected chi connectivity index (χ2v) is 6.29. The molecule has 24 heavy (non-hydrogen) atoms. The highest BCUT2D eigenvalue weighted by Gasteiger charge is 2.28. The van der Waals surface area contributed by atoms with Crippen LogP contribution >= 0.6 is 0 Å². The average molecular weight is 329 g/mol. The number of rotatable bonds is 4. The van der Waals surface area contributed by atoms with Crippen LogP contribution in [0.1, 0.15) is 35.7 Å². The van der Waals surface area contributed by atoms with Crippen LogP contribution in [0.4, 0.5) is 0 Å². The highest BCUT2D eigenvalue weighted by atomic mass is 16.5. The smallest absolute Gasteiger partial charge is 0.289 e. The SMILES string of the molecule is Cc1ccccc1OCc1ccc(C(=O)N2C[C@H](C)O[C@@H](C)C2)o1. The van der Waals surface area contributed by atoms with E-state index in [1.54, 1.807) is 17.0 Å². The van der Waals surface area contributed by atoms with Crippen molar-refractivity contribution in [2.45, 2.75) is 39.6 Å². The maximum absolute atomic E-state index is 12.6. The Morgan fingerprint density at radius 3 is 2.58 bits per heavy atom. The van der Waals surface area contributed by atoms with Gasteiger partial charge in [0.15, 0.2) is 5.76 Å². The van der Waals surface area contributed by atoms with Crippen molar-refractivity contribution in [1.82, 2.24) is 4.90 Å². The number of furan rings is 1. The molecule has 1 aromatic heterocycles. The minimum atomic E-state index is -0.0980. The van der Waals surface area contributed by atoms with Gasteiger partial charge >= 0.3 is 0 Å². The molecule has 1 fully saturated rings. The van der Waals surface area contributed by atoms with Gasteiger partial charge < -0.3 is 18.8 Å². The van der Waals surface area contributed by atoms with Crippen LogP contribution < -0.4 is 4.74 Å². The van der Waals surface area contributed by atoms with E-state index in [0.717, 1.165) is 11.3 Å². The largest absolute Gasteiger partial charge is 0.485 e. The summed E-state index contributed by atoms with van der Waals surface area (Å²) in [6.45, 7) is 7.40. The average Bonchev–Trinajstić information content (AvgIpc) is 3.01. The molecule has 128 valence electrons. The quantitative estimate of drug-likeness (QED) is 0.862. The lowest BCUT2D eigenvalue weighted by molar-refractivity contribution is -0.0592. The van der Waals surface area contributed by atoms with Crippen LogP contribution in [0.15, 0.2) is 40.8 Å². The maximum atomic E-state index is 12.6. The zero-order chi connectivity index (χ0) is 17.1. The zero-order valence-corrected chi connectivity index (χ0v) is 14.3. The minimum Gasteiger partial charge on any atom is -0.485 e. The van der Waals surface area contributed by atoms with Crippen LogP contribution in [0.25, 0.3) is 0 Å². The first kappa shape index (κ1) is 16.6. The summed E-state index contributed by atoms with van der Waals surface area (Å²) in [6.07, 6.45) is 0.0769. The maximum Gasteiger partial charge on any atom is 0.289 e. The lowest BCUT2D eigenvalue weighted by atomic mass is 10.2. The lowest BCUT2D eigenvalue weighted by Gasteiger charge is -2.34. The standard InChI is InChI=1S/C19H23NO4/c1-13-6-4-5-7-17(13)22-12-16-8-9-18(24-16)19(21)20-10-14(2)23-15(3)11-20/h4-9,14-15H,10-12H2,1-3H3/t14-,15-/m0/s1. The van der Waals surface area contributed by atoms with Gasteiger partial charge in [0.25, 0.3) is 5.91 Å². The van der Waals surface area contributed by atoms with Gasteiger partial charge in [0.2, 0.25) is 0 Å². The zero-order valence-electron chi connectivity index (χ0n) is 14.3. The van der Waals surface area contributed by atoms with Crippen molar-refractivity contribution in [2.75, 3.05) is 13.1 Å². The summed E-state index contributed by atoms with van der Waals surface area (Å²) in [7, 11) is 0. The fourth-order valence-corrected chi connectivity index (χ4v) is 2.94. The topological polar surface area (TPSA) is 51.9 Å². The van der Waals surface area contributed by atoms with E-state index in [1.165, 1.54) is 0 Å². The van der Waals surface area contributed by atoms with Gasteiger partial charge in [0.1, 0.15) is 18.1 Å². The Morgan fingerprint density at radius 1 is 1.17 bits per heavy atom. The van der Waals surface area contributed by atoms with E-state index in [1.807, 2.05) is 45.0 Å². The van der Waals surface area contributed by atoms with Gasteiger partial charge in [-0.2, -0.15) is 0 Å². The Bertz CT molecular complexity index is 699. The first-order chi connectivity index (χ1) is 11.5. The molecule has 0 N–H and O–H groups in total. The Labute approximate surface area is 142 Å². The molecule has 0 radical (unpaired) electrons. The fraction of sp³-hybridized carbons (Fsp3) is 0.421. The molecule has 5 nitrogen and oxygen atoms in total. The molecular weight excluding hydrogens is 306 g/mol. The Kier molecular flexibility index (Phi) is 4.90. The van der Waals surface area contributed by atoms with E-state index >= 15 is 0 Å². The van der Waals surface area contributed by atoms with Crippen molar-refractivity contribution in [3.8, 4) is 5.75 Å². The molecule has 1 aromatic carbocycles. The van der Waals surface area contributed by atoms with Crippen molar-refractivity contribution in [3.05, 3.63) is 53.5 Å². The third-order valence-corrected chi connectivity index (χ3v) is 4.04. The number of hydrogen-bond donors (Lipinski definition) is 0. The van der Waals surface area contributed by atoms with Gasteiger partial charge in [0, 0.05) is 13.1 Å². The molecule has 0 unspecified atom stereocenters. The van der Waals surface area contributed by atoms with Gasteiger partial charge in [-0.15, -0.1) is 0 Å². The molecule has 1 amide bonds. The third-order valence-electron chi connectivity index (χ3n) is 4.04. The van der Waals surface area contributed by atoms with Gasteiger partial charge in [-0.25, -0.2) is 0 Å². The molecule has 2 atom stereocenters. The van der Waals surface area contributed by atoms with Crippen molar-refractivity contribution >= 4 is 5.91 Å². The molecule has 0 bridgehead atoms. The fourth-order valence-electron chi connectivity index (χ4n) is 2.94. The third kappa shape index (κ3) is 3.79. The molecule has 1 saturated heterocycles. The first-order valence-electron chi connectivity index (χ1n) is 8.25. The van der Waals surface area contributed by atoms with Crippen molar-refractivity contribution in [1.29, 1.82) is 0 Å². The number of ether oxygens (including phenoxy) is 2. The summed E-state index contributed by atoms with van der Waals surface area (Å²) in [5.41, 5.74) is 1.07. The second-order valence-electron chi connectivity index (χ2n) is 6.29. The summed E-state index contributed by atoms with van der Waals surface area (Å²) in [6, 6.07) is 11.3. The number of hydrogen-bond acceptors (Lipinski definition) is 4. The molecule has 2 aromatic rings. The predicted octanol–water partition coefficient (Wildman–Crippen LogP) is 3.42. The van der Waals surface area contributed by atoms with Crippen molar-refractivity contribution in [2.24, 2.45) is 0 Å². The van der Waals surface area contributed by atoms with Crippen molar-refractivity contribution < 1.29 is 18.7 Å². The van der Waals surface area contributed by atoms with E-state index in [9.17, 15) is 4.79 Å². The second kappa shape index (κ2) is 7.09. The molecule has 1 aliphatic heterocycles. The lowest BCUT2D eigenvalue weighted by Crippen LogP contribution is -2.48. The van der Waals surface area contributed by atoms with E-state index < -0.39 is 0 Å². The van der Waals surface area contributed by atoms with Crippen LogP contribution in [0.5, 0.6) is 5.75 Å². The molecule has 3 rings (SSSR count). The molecule has 0 saturated carbocycles. The van der Waals surface area contributed by atoms with E-state index in [4.69, 9.17) is 13.9 Å². The highest BCUT2D eigenvalue weighted by Crippen LogP contribution is 2.20. The van der Waals surface area contributed by atoms with Crippen LogP contribution in [0.2, 0.25) is 0 Å². The molecule has 0 spiro atoms. The summed E-state index contributed by atoms with van der Waals surface area (Å²) in [5.74, 6) is 1.70. The number of benzene rings is 1. The normalized spacial score (nSPS) is 20.9. The number of amides is 1. The van der Waals surface area contributed by atoms with E-state index in [2.05, 4.69) is 0 Å². The van der Waals surface area contributed by atoms with Crippen LogP contribution in [-0.2, 0) is 11.3 Å². The number of carbonyl (C=O) groups is 1. The number of aryl methyl sites for hydroxylation is 1. The van der Waals surface area contributed by atoms with Crippen LogP contribution in [-0.4, -0.2) is 36.1 Å². The number of carbonyl (C=O) groups excluding carboxylic acids is 1. The van der Waals surface area contributed by atoms with Gasteiger partial charge in [-0.1, -0.05) is 18.2 Å². The van der Waals surface area contributed by atoms with Gasteiger partial charge in [0.05, 0.1) is 12.2 Å². The number of para-hydroxylation sites is 1. The highest BCUT2D eigenvalue weighted by molar-refractivity contribution is 5.91. The Balaban J connectivity index is 1.62. The molecule has 1 aliphatic rings. The van der Waals surface area contributed by atoms with E-state index in [-0.39, 0.29) is 18.1 Å². The summed E-state index contributed by atoms with van der Waals surface area (Å²) in [4.78, 5) is 14.3.